The Bertz CT molecular complexity index is 1720. The van der Waals surface area contributed by atoms with Crippen molar-refractivity contribution in [1.29, 1.82) is 0 Å². The van der Waals surface area contributed by atoms with Crippen LogP contribution in [-0.4, -0.2) is 41.8 Å². The standard InChI is InChI=1S/C28H26ClF2N3O6S/c1-4-11-41(37,38)33-23-10-9-22(30)24(25(23)31)26(35)21-14-34(15-39-28(36)40-16(2)3)27-20(21)12-18(13-32-27)17-5-7-19(29)8-6-17/h5-10,12-14,16,33H,4,11,15H2,1-3H3. The van der Waals surface area contributed by atoms with Crippen molar-refractivity contribution in [3.8, 4) is 11.1 Å². The smallest absolute Gasteiger partial charge is 0.432 e. The van der Waals surface area contributed by atoms with Crippen molar-refractivity contribution in [3.05, 3.63) is 82.6 Å². The van der Waals surface area contributed by atoms with E-state index in [9.17, 15) is 22.4 Å². The van der Waals surface area contributed by atoms with Crippen molar-refractivity contribution in [1.82, 2.24) is 9.55 Å². The Labute approximate surface area is 240 Å². The third-order valence-electron chi connectivity index (χ3n) is 5.85. The molecule has 2 aromatic heterocycles. The lowest BCUT2D eigenvalue weighted by Gasteiger charge is -2.11. The van der Waals surface area contributed by atoms with Crippen LogP contribution in [0.4, 0.5) is 19.3 Å². The fourth-order valence-electron chi connectivity index (χ4n) is 4.06. The van der Waals surface area contributed by atoms with E-state index in [0.717, 1.165) is 12.1 Å². The number of carbonyl (C=O) groups is 2. The number of hydrogen-bond acceptors (Lipinski definition) is 7. The van der Waals surface area contributed by atoms with Gasteiger partial charge in [-0.2, -0.15) is 0 Å². The van der Waals surface area contributed by atoms with E-state index >= 15 is 4.39 Å². The number of pyridine rings is 1. The molecule has 0 fully saturated rings. The Hall–Kier alpha value is -4.03. The number of sulfonamides is 1. The van der Waals surface area contributed by atoms with Gasteiger partial charge in [0.25, 0.3) is 0 Å². The second kappa shape index (κ2) is 12.2. The number of rotatable bonds is 10. The minimum absolute atomic E-state index is 0.157. The van der Waals surface area contributed by atoms with Crippen molar-refractivity contribution in [2.45, 2.75) is 40.0 Å². The first-order valence-corrected chi connectivity index (χ1v) is 14.5. The number of ether oxygens (including phenoxy) is 2. The van der Waals surface area contributed by atoms with E-state index in [0.29, 0.717) is 16.1 Å². The third-order valence-corrected chi connectivity index (χ3v) is 7.57. The molecule has 2 heterocycles. The summed E-state index contributed by atoms with van der Waals surface area (Å²) in [6.45, 7) is 4.50. The summed E-state index contributed by atoms with van der Waals surface area (Å²) < 4.78 is 68.4. The first-order chi connectivity index (χ1) is 19.4. The normalized spacial score (nSPS) is 11.6. The monoisotopic (exact) mass is 605 g/mol. The molecule has 41 heavy (non-hydrogen) atoms. The van der Waals surface area contributed by atoms with Crippen molar-refractivity contribution in [2.75, 3.05) is 10.5 Å². The molecule has 0 aliphatic carbocycles. The van der Waals surface area contributed by atoms with Crippen LogP contribution in [0.1, 0.15) is 43.1 Å². The Kier molecular flexibility index (Phi) is 8.93. The molecule has 0 saturated carbocycles. The summed E-state index contributed by atoms with van der Waals surface area (Å²) >= 11 is 5.99. The number of nitrogens with zero attached hydrogens (tertiary/aromatic N) is 2. The van der Waals surface area contributed by atoms with Crippen LogP contribution in [0.15, 0.2) is 54.9 Å². The summed E-state index contributed by atoms with van der Waals surface area (Å²) in [6.07, 6.45) is 1.64. The fourth-order valence-corrected chi connectivity index (χ4v) is 5.32. The van der Waals surface area contributed by atoms with Gasteiger partial charge in [0.15, 0.2) is 12.5 Å². The van der Waals surface area contributed by atoms with Gasteiger partial charge in [-0.05, 0) is 56.2 Å². The van der Waals surface area contributed by atoms with E-state index in [1.807, 2.05) is 0 Å². The molecular weight excluding hydrogens is 580 g/mol. The van der Waals surface area contributed by atoms with E-state index < -0.39 is 57.7 Å². The molecule has 0 atom stereocenters. The SMILES string of the molecule is CCCS(=O)(=O)Nc1ccc(F)c(C(=O)c2cn(COC(=O)OC(C)C)c3ncc(-c4ccc(Cl)cc4)cc23)c1F. The van der Waals surface area contributed by atoms with Crippen LogP contribution < -0.4 is 4.72 Å². The van der Waals surface area contributed by atoms with Crippen LogP contribution in [-0.2, 0) is 26.2 Å². The molecule has 9 nitrogen and oxygen atoms in total. The number of benzene rings is 2. The highest BCUT2D eigenvalue weighted by Crippen LogP contribution is 2.31. The van der Waals surface area contributed by atoms with E-state index in [2.05, 4.69) is 9.71 Å². The zero-order valence-electron chi connectivity index (χ0n) is 22.3. The van der Waals surface area contributed by atoms with Gasteiger partial charge in [-0.1, -0.05) is 30.7 Å². The maximum atomic E-state index is 15.5. The van der Waals surface area contributed by atoms with Crippen LogP contribution in [0.2, 0.25) is 5.02 Å². The van der Waals surface area contributed by atoms with E-state index in [1.54, 1.807) is 51.1 Å². The molecule has 2 aromatic carbocycles. The number of carbonyl (C=O) groups excluding carboxylic acids is 2. The zero-order chi connectivity index (χ0) is 29.9. The molecule has 13 heteroatoms. The number of nitrogens with one attached hydrogen (secondary N) is 1. The summed E-state index contributed by atoms with van der Waals surface area (Å²) in [7, 11) is -3.93. The lowest BCUT2D eigenvalue weighted by atomic mass is 10.00. The summed E-state index contributed by atoms with van der Waals surface area (Å²) in [5, 5.41) is 0.717. The van der Waals surface area contributed by atoms with Crippen molar-refractivity contribution < 1.29 is 36.3 Å². The number of halogens is 3. The highest BCUT2D eigenvalue weighted by Gasteiger charge is 2.27. The van der Waals surface area contributed by atoms with Crippen LogP contribution in [0, 0.1) is 11.6 Å². The lowest BCUT2D eigenvalue weighted by molar-refractivity contribution is 0.0169. The highest BCUT2D eigenvalue weighted by atomic mass is 35.5. The predicted octanol–water partition coefficient (Wildman–Crippen LogP) is 6.54. The van der Waals surface area contributed by atoms with Gasteiger partial charge < -0.3 is 9.47 Å². The Morgan fingerprint density at radius 1 is 1.10 bits per heavy atom. The van der Waals surface area contributed by atoms with Gasteiger partial charge >= 0.3 is 6.16 Å². The quantitative estimate of drug-likeness (QED) is 0.161. The molecule has 4 aromatic rings. The largest absolute Gasteiger partial charge is 0.510 e. The topological polar surface area (TPSA) is 117 Å². The first-order valence-electron chi connectivity index (χ1n) is 12.5. The summed E-state index contributed by atoms with van der Waals surface area (Å²) in [4.78, 5) is 30.1. The molecule has 0 aliphatic rings. The molecule has 0 radical (unpaired) electrons. The predicted molar refractivity (Wildman–Crippen MR) is 150 cm³/mol. The van der Waals surface area contributed by atoms with Crippen LogP contribution >= 0.6 is 11.6 Å². The minimum Gasteiger partial charge on any atom is -0.432 e. The Morgan fingerprint density at radius 3 is 2.46 bits per heavy atom. The average molecular weight is 606 g/mol. The molecule has 1 N–H and O–H groups in total. The van der Waals surface area contributed by atoms with Crippen molar-refractivity contribution in [2.24, 2.45) is 0 Å². The summed E-state index contributed by atoms with van der Waals surface area (Å²) in [6, 6.07) is 10.1. The summed E-state index contributed by atoms with van der Waals surface area (Å²) in [5.74, 6) is -3.92. The van der Waals surface area contributed by atoms with Crippen molar-refractivity contribution >= 4 is 50.3 Å². The second-order valence-electron chi connectivity index (χ2n) is 9.34. The molecule has 216 valence electrons. The molecule has 0 amide bonds. The van der Waals surface area contributed by atoms with Gasteiger partial charge in [0.1, 0.15) is 11.5 Å². The van der Waals surface area contributed by atoms with E-state index in [-0.39, 0.29) is 28.8 Å². The van der Waals surface area contributed by atoms with E-state index in [1.165, 1.54) is 17.0 Å². The van der Waals surface area contributed by atoms with Gasteiger partial charge in [-0.15, -0.1) is 0 Å². The molecule has 4 rings (SSSR count). The van der Waals surface area contributed by atoms with Gasteiger partial charge in [0.2, 0.25) is 15.8 Å². The minimum atomic E-state index is -3.93. The molecule has 0 unspecified atom stereocenters. The van der Waals surface area contributed by atoms with Crippen LogP contribution in [0.5, 0.6) is 0 Å². The maximum absolute atomic E-state index is 15.5. The van der Waals surface area contributed by atoms with E-state index in [4.69, 9.17) is 21.1 Å². The molecule has 0 aliphatic heterocycles. The first kappa shape index (κ1) is 29.9. The molecule has 0 spiro atoms. The van der Waals surface area contributed by atoms with Gasteiger partial charge in [-0.3, -0.25) is 14.1 Å². The molecule has 0 saturated heterocycles. The lowest BCUT2D eigenvalue weighted by Crippen LogP contribution is -2.18. The van der Waals surface area contributed by atoms with Crippen LogP contribution in [0.3, 0.4) is 0 Å². The fraction of sp³-hybridized carbons (Fsp3) is 0.250. The van der Waals surface area contributed by atoms with Crippen LogP contribution in [0.25, 0.3) is 22.2 Å². The Balaban J connectivity index is 1.82. The number of fused-ring (bicyclic) bond motifs is 1. The third kappa shape index (κ3) is 6.83. The molecule has 0 bridgehead atoms. The number of aromatic nitrogens is 2. The zero-order valence-corrected chi connectivity index (χ0v) is 23.9. The highest BCUT2D eigenvalue weighted by molar-refractivity contribution is 7.92. The number of ketones is 1. The average Bonchev–Trinajstić information content (AvgIpc) is 3.27. The second-order valence-corrected chi connectivity index (χ2v) is 11.6. The van der Waals surface area contributed by atoms with Crippen molar-refractivity contribution in [3.63, 3.8) is 0 Å². The summed E-state index contributed by atoms with van der Waals surface area (Å²) in [5.41, 5.74) is -0.219. The van der Waals surface area contributed by atoms with Gasteiger partial charge in [0.05, 0.1) is 28.7 Å². The molecular formula is C28H26ClF2N3O6S. The number of anilines is 1. The maximum Gasteiger partial charge on any atom is 0.510 e. The van der Waals surface area contributed by atoms with Gasteiger partial charge in [-0.25, -0.2) is 27.0 Å². The number of hydrogen-bond donors (Lipinski definition) is 1. The van der Waals surface area contributed by atoms with Gasteiger partial charge in [0, 0.05) is 28.4 Å². The Morgan fingerprint density at radius 2 is 1.80 bits per heavy atom.